The topological polar surface area (TPSA) is 99.4 Å². The Morgan fingerprint density at radius 1 is 1.15 bits per heavy atom. The van der Waals surface area contributed by atoms with Crippen LogP contribution in [0.15, 0.2) is 62.6 Å². The van der Waals surface area contributed by atoms with Crippen molar-refractivity contribution in [1.82, 2.24) is 14.9 Å². The normalized spacial score (nSPS) is 13.9. The monoisotopic (exact) mass is 459 g/mol. The molecule has 1 amide bonds. The number of para-hydroxylation sites is 1. The van der Waals surface area contributed by atoms with Crippen molar-refractivity contribution in [1.29, 1.82) is 5.26 Å². The fourth-order valence-corrected chi connectivity index (χ4v) is 4.76. The number of aromatic nitrogens is 2. The molecule has 0 aliphatic carbocycles. The summed E-state index contributed by atoms with van der Waals surface area (Å²) in [5.41, 5.74) is 2.31. The molecule has 4 aromatic rings. The minimum Gasteiger partial charge on any atom is -0.459 e. The Morgan fingerprint density at radius 3 is 2.73 bits per heavy atom. The standard InChI is InChI=1S/C24H21N5O3S/c1-16-13-21(26-18-6-3-2-5-17(16)18)33-15-22(30)28-8-10-29(11-9-28)24-19(14-25)27-23(32-24)20-7-4-12-31-20/h2-7,12-13H,8-11,15H2,1H3. The van der Waals surface area contributed by atoms with Gasteiger partial charge in [-0.1, -0.05) is 30.0 Å². The molecular weight excluding hydrogens is 438 g/mol. The van der Waals surface area contributed by atoms with Crippen molar-refractivity contribution in [2.24, 2.45) is 0 Å². The summed E-state index contributed by atoms with van der Waals surface area (Å²) in [5, 5.41) is 11.4. The van der Waals surface area contributed by atoms with Crippen LogP contribution in [0, 0.1) is 18.3 Å². The Labute approximate surface area is 194 Å². The van der Waals surface area contributed by atoms with Gasteiger partial charge in [0.25, 0.3) is 5.89 Å². The number of nitriles is 1. The van der Waals surface area contributed by atoms with Gasteiger partial charge in [0.05, 0.1) is 22.6 Å². The highest BCUT2D eigenvalue weighted by Gasteiger charge is 2.27. The lowest BCUT2D eigenvalue weighted by Gasteiger charge is -2.34. The maximum absolute atomic E-state index is 12.8. The van der Waals surface area contributed by atoms with Crippen molar-refractivity contribution in [3.8, 4) is 17.7 Å². The summed E-state index contributed by atoms with van der Waals surface area (Å²) < 4.78 is 11.1. The third-order valence-electron chi connectivity index (χ3n) is 5.61. The molecule has 5 rings (SSSR count). The van der Waals surface area contributed by atoms with Gasteiger partial charge in [-0.2, -0.15) is 10.2 Å². The smallest absolute Gasteiger partial charge is 0.266 e. The summed E-state index contributed by atoms with van der Waals surface area (Å²) in [6.07, 6.45) is 1.53. The van der Waals surface area contributed by atoms with E-state index < -0.39 is 0 Å². The lowest BCUT2D eigenvalue weighted by atomic mass is 10.1. The number of fused-ring (bicyclic) bond motifs is 1. The van der Waals surface area contributed by atoms with E-state index in [2.05, 4.69) is 29.0 Å². The molecule has 0 N–H and O–H groups in total. The van der Waals surface area contributed by atoms with Gasteiger partial charge in [0.15, 0.2) is 5.76 Å². The quantitative estimate of drug-likeness (QED) is 0.411. The Bertz CT molecular complexity index is 1330. The number of aryl methyl sites for hydroxylation is 1. The van der Waals surface area contributed by atoms with Crippen LogP contribution in [0.1, 0.15) is 11.3 Å². The van der Waals surface area contributed by atoms with E-state index in [0.29, 0.717) is 43.6 Å². The zero-order valence-corrected chi connectivity index (χ0v) is 18.8. The molecular formula is C24H21N5O3S. The maximum Gasteiger partial charge on any atom is 0.266 e. The van der Waals surface area contributed by atoms with Crippen molar-refractivity contribution < 1.29 is 13.6 Å². The molecule has 0 bridgehead atoms. The lowest BCUT2D eigenvalue weighted by molar-refractivity contribution is -0.128. The second-order valence-corrected chi connectivity index (χ2v) is 8.71. The Hall–Kier alpha value is -3.77. The van der Waals surface area contributed by atoms with E-state index in [4.69, 9.17) is 8.83 Å². The summed E-state index contributed by atoms with van der Waals surface area (Å²) in [4.78, 5) is 25.5. The number of nitrogens with zero attached hydrogens (tertiary/aromatic N) is 5. The average molecular weight is 460 g/mol. The van der Waals surface area contributed by atoms with Gasteiger partial charge in [0.2, 0.25) is 17.5 Å². The summed E-state index contributed by atoms with van der Waals surface area (Å²) >= 11 is 1.46. The van der Waals surface area contributed by atoms with E-state index in [0.717, 1.165) is 21.5 Å². The van der Waals surface area contributed by atoms with Crippen molar-refractivity contribution in [3.05, 3.63) is 60.0 Å². The maximum atomic E-state index is 12.8. The number of furan rings is 1. The summed E-state index contributed by atoms with van der Waals surface area (Å²) in [6, 6.07) is 15.6. The zero-order valence-electron chi connectivity index (χ0n) is 18.0. The SMILES string of the molecule is Cc1cc(SCC(=O)N2CCN(c3oc(-c4ccco4)nc3C#N)CC2)nc2ccccc12. The molecule has 0 radical (unpaired) electrons. The third kappa shape index (κ3) is 4.30. The summed E-state index contributed by atoms with van der Waals surface area (Å²) in [5.74, 6) is 1.57. The van der Waals surface area contributed by atoms with Gasteiger partial charge in [-0.15, -0.1) is 0 Å². The molecule has 4 heterocycles. The summed E-state index contributed by atoms with van der Waals surface area (Å²) in [7, 11) is 0. The van der Waals surface area contributed by atoms with Crippen LogP contribution >= 0.6 is 11.8 Å². The predicted octanol–water partition coefficient (Wildman–Crippen LogP) is 4.10. The first-order chi connectivity index (χ1) is 16.1. The first-order valence-corrected chi connectivity index (χ1v) is 11.6. The number of amides is 1. The van der Waals surface area contributed by atoms with E-state index in [-0.39, 0.29) is 17.5 Å². The molecule has 8 nitrogen and oxygen atoms in total. The van der Waals surface area contributed by atoms with E-state index >= 15 is 0 Å². The number of hydrogen-bond acceptors (Lipinski definition) is 8. The Balaban J connectivity index is 1.20. The van der Waals surface area contributed by atoms with Crippen molar-refractivity contribution in [2.75, 3.05) is 36.8 Å². The van der Waals surface area contributed by atoms with Crippen molar-refractivity contribution in [3.63, 3.8) is 0 Å². The second-order valence-electron chi connectivity index (χ2n) is 7.71. The van der Waals surface area contributed by atoms with Gasteiger partial charge < -0.3 is 18.6 Å². The zero-order chi connectivity index (χ0) is 22.8. The van der Waals surface area contributed by atoms with E-state index in [1.54, 1.807) is 12.1 Å². The van der Waals surface area contributed by atoms with E-state index in [1.807, 2.05) is 34.1 Å². The molecule has 0 atom stereocenters. The largest absolute Gasteiger partial charge is 0.459 e. The Morgan fingerprint density at radius 2 is 1.97 bits per heavy atom. The number of oxazole rings is 1. The summed E-state index contributed by atoms with van der Waals surface area (Å²) in [6.45, 7) is 4.28. The molecule has 1 aromatic carbocycles. The molecule has 1 fully saturated rings. The minimum absolute atomic E-state index is 0.0709. The minimum atomic E-state index is 0.0709. The molecule has 0 unspecified atom stereocenters. The fraction of sp³-hybridized carbons (Fsp3) is 0.250. The van der Waals surface area contributed by atoms with Gasteiger partial charge in [-0.25, -0.2) is 4.98 Å². The molecule has 9 heteroatoms. The first kappa shape index (κ1) is 21.1. The van der Waals surface area contributed by atoms with E-state index in [9.17, 15) is 10.1 Å². The highest BCUT2D eigenvalue weighted by Crippen LogP contribution is 2.29. The average Bonchev–Trinajstić information content (AvgIpc) is 3.53. The molecule has 3 aromatic heterocycles. The van der Waals surface area contributed by atoms with Crippen LogP contribution in [0.25, 0.3) is 22.6 Å². The van der Waals surface area contributed by atoms with Crippen molar-refractivity contribution >= 4 is 34.5 Å². The molecule has 0 saturated carbocycles. The lowest BCUT2D eigenvalue weighted by Crippen LogP contribution is -2.49. The molecule has 1 saturated heterocycles. The number of thioether (sulfide) groups is 1. The number of pyridine rings is 1. The van der Waals surface area contributed by atoms with Crippen molar-refractivity contribution in [2.45, 2.75) is 11.9 Å². The highest BCUT2D eigenvalue weighted by atomic mass is 32.2. The fourth-order valence-electron chi connectivity index (χ4n) is 3.88. The van der Waals surface area contributed by atoms with Gasteiger partial charge in [-0.3, -0.25) is 4.79 Å². The molecule has 0 spiro atoms. The van der Waals surface area contributed by atoms with Crippen LogP contribution in [0.5, 0.6) is 0 Å². The van der Waals surface area contributed by atoms with Crippen LogP contribution in [0.2, 0.25) is 0 Å². The van der Waals surface area contributed by atoms with Gasteiger partial charge in [0, 0.05) is 31.6 Å². The van der Waals surface area contributed by atoms with Gasteiger partial charge in [0.1, 0.15) is 6.07 Å². The first-order valence-electron chi connectivity index (χ1n) is 10.6. The number of carbonyl (C=O) groups excluding carboxylic acids is 1. The van der Waals surface area contributed by atoms with Gasteiger partial charge >= 0.3 is 0 Å². The van der Waals surface area contributed by atoms with Crippen LogP contribution in [-0.2, 0) is 4.79 Å². The van der Waals surface area contributed by atoms with Crippen LogP contribution in [0.4, 0.5) is 5.88 Å². The number of anilines is 1. The number of piperazine rings is 1. The van der Waals surface area contributed by atoms with Gasteiger partial charge in [-0.05, 0) is 36.8 Å². The number of benzene rings is 1. The van der Waals surface area contributed by atoms with Crippen LogP contribution in [0.3, 0.4) is 0 Å². The molecule has 1 aliphatic heterocycles. The Kier molecular flexibility index (Phi) is 5.75. The number of hydrogen-bond donors (Lipinski definition) is 0. The third-order valence-corrected chi connectivity index (χ3v) is 6.51. The van der Waals surface area contributed by atoms with E-state index in [1.165, 1.54) is 18.0 Å². The van der Waals surface area contributed by atoms with Crippen LogP contribution in [-0.4, -0.2) is 52.7 Å². The van der Waals surface area contributed by atoms with Crippen LogP contribution < -0.4 is 4.90 Å². The molecule has 33 heavy (non-hydrogen) atoms. The number of carbonyl (C=O) groups is 1. The molecule has 1 aliphatic rings. The number of rotatable bonds is 5. The molecule has 166 valence electrons. The highest BCUT2D eigenvalue weighted by molar-refractivity contribution is 7.99. The second kappa shape index (κ2) is 9.00. The predicted molar refractivity (Wildman–Crippen MR) is 125 cm³/mol.